The first kappa shape index (κ1) is 22.8. The van der Waals surface area contributed by atoms with E-state index in [-0.39, 0.29) is 41.7 Å². The highest BCUT2D eigenvalue weighted by molar-refractivity contribution is 6.42. The number of carbonyl (C=O) groups excluding carboxylic acids is 2. The molecule has 0 saturated carbocycles. The Morgan fingerprint density at radius 3 is 2.74 bits per heavy atom. The molecule has 12 heteroatoms. The normalized spacial score (nSPS) is 17.8. The highest BCUT2D eigenvalue weighted by Crippen LogP contribution is 2.31. The third kappa shape index (κ3) is 3.94. The third-order valence-electron chi connectivity index (χ3n) is 6.13. The van der Waals surface area contributed by atoms with E-state index in [1.165, 1.54) is 11.0 Å². The molecule has 4 heterocycles. The first-order valence-corrected chi connectivity index (χ1v) is 11.4. The van der Waals surface area contributed by atoms with Crippen molar-refractivity contribution in [3.05, 3.63) is 68.3 Å². The molecule has 1 atom stereocenters. The summed E-state index contributed by atoms with van der Waals surface area (Å²) < 4.78 is 31.9. The van der Waals surface area contributed by atoms with Crippen molar-refractivity contribution in [2.45, 2.75) is 45.4 Å². The number of carbonyl (C=O) groups is 2. The topological polar surface area (TPSA) is 84.5 Å². The molecule has 8 nitrogen and oxygen atoms in total. The van der Waals surface area contributed by atoms with E-state index < -0.39 is 12.2 Å². The molecule has 2 aromatic heterocycles. The van der Waals surface area contributed by atoms with Crippen LogP contribution < -0.4 is 0 Å². The molecule has 0 spiro atoms. The lowest BCUT2D eigenvalue weighted by molar-refractivity contribution is 0.0635. The van der Waals surface area contributed by atoms with Crippen molar-refractivity contribution in [3.8, 4) is 0 Å². The van der Waals surface area contributed by atoms with Crippen LogP contribution in [0.5, 0.6) is 0 Å². The summed E-state index contributed by atoms with van der Waals surface area (Å²) in [6, 6.07) is 5.73. The molecule has 0 saturated heterocycles. The molecule has 0 fully saturated rings. The summed E-state index contributed by atoms with van der Waals surface area (Å²) in [4.78, 5) is 29.8. The fourth-order valence-corrected chi connectivity index (χ4v) is 4.68. The Morgan fingerprint density at radius 1 is 1.24 bits per heavy atom. The molecule has 34 heavy (non-hydrogen) atoms. The number of aromatic nitrogens is 3. The van der Waals surface area contributed by atoms with Gasteiger partial charge in [0.2, 0.25) is 5.76 Å². The maximum atomic E-state index is 13.3. The quantitative estimate of drug-likeness (QED) is 0.521. The van der Waals surface area contributed by atoms with Gasteiger partial charge < -0.3 is 14.3 Å². The van der Waals surface area contributed by atoms with Crippen molar-refractivity contribution in [1.82, 2.24) is 24.7 Å². The Kier molecular flexibility index (Phi) is 5.81. The van der Waals surface area contributed by atoms with Crippen molar-refractivity contribution in [2.75, 3.05) is 6.54 Å². The molecule has 2 aliphatic heterocycles. The van der Waals surface area contributed by atoms with E-state index in [0.29, 0.717) is 41.4 Å². The van der Waals surface area contributed by atoms with E-state index in [9.17, 15) is 18.4 Å². The molecule has 178 valence electrons. The molecule has 2 amide bonds. The molecule has 0 N–H and O–H groups in total. The number of benzene rings is 1. The minimum absolute atomic E-state index is 0.0390. The fraction of sp³-hybridized carbons (Fsp3) is 0.364. The van der Waals surface area contributed by atoms with Gasteiger partial charge in [-0.05, 0) is 25.1 Å². The largest absolute Gasteiger partial charge is 0.355 e. The van der Waals surface area contributed by atoms with Crippen LogP contribution in [-0.4, -0.2) is 49.1 Å². The molecular formula is C22H19Cl2F2N5O3. The molecule has 0 unspecified atom stereocenters. The number of halogens is 4. The Bertz CT molecular complexity index is 1290. The van der Waals surface area contributed by atoms with Crippen LogP contribution in [0.25, 0.3) is 0 Å². The Balaban J connectivity index is 1.40. The van der Waals surface area contributed by atoms with Gasteiger partial charge in [0, 0.05) is 36.2 Å². The summed E-state index contributed by atoms with van der Waals surface area (Å²) in [5, 5.41) is 8.90. The monoisotopic (exact) mass is 509 g/mol. The van der Waals surface area contributed by atoms with Gasteiger partial charge in [0.15, 0.2) is 0 Å². The Hall–Kier alpha value is -2.98. The SMILES string of the molecule is C[C@@H]1Cc2nn3c(c2CN1C(=O)c1ccc(Cl)c(Cl)c1)C(=O)N(Cc1cc(C(F)F)on1)CC3. The Morgan fingerprint density at radius 2 is 2.03 bits per heavy atom. The van der Waals surface area contributed by atoms with Gasteiger partial charge in [0.25, 0.3) is 18.2 Å². The summed E-state index contributed by atoms with van der Waals surface area (Å²) >= 11 is 12.1. The number of amides is 2. The third-order valence-corrected chi connectivity index (χ3v) is 6.87. The van der Waals surface area contributed by atoms with Gasteiger partial charge in [-0.15, -0.1) is 0 Å². The first-order chi connectivity index (χ1) is 16.2. The molecule has 0 aliphatic carbocycles. The number of hydrogen-bond donors (Lipinski definition) is 0. The zero-order valence-corrected chi connectivity index (χ0v) is 19.5. The van der Waals surface area contributed by atoms with Crippen LogP contribution in [0.2, 0.25) is 10.0 Å². The summed E-state index contributed by atoms with van der Waals surface area (Å²) in [5.74, 6) is -1.05. The number of fused-ring (bicyclic) bond motifs is 3. The van der Waals surface area contributed by atoms with Crippen molar-refractivity contribution in [1.29, 1.82) is 0 Å². The lowest BCUT2D eigenvalue weighted by atomic mass is 9.97. The van der Waals surface area contributed by atoms with Crippen LogP contribution in [-0.2, 0) is 26.1 Å². The van der Waals surface area contributed by atoms with Crippen LogP contribution in [0.3, 0.4) is 0 Å². The molecular weight excluding hydrogens is 491 g/mol. The lowest BCUT2D eigenvalue weighted by Crippen LogP contribution is -2.44. The molecule has 0 bridgehead atoms. The van der Waals surface area contributed by atoms with Gasteiger partial charge in [-0.3, -0.25) is 14.3 Å². The van der Waals surface area contributed by atoms with Crippen LogP contribution in [0.15, 0.2) is 28.8 Å². The number of alkyl halides is 2. The number of rotatable bonds is 4. The maximum absolute atomic E-state index is 13.3. The van der Waals surface area contributed by atoms with Gasteiger partial charge in [-0.25, -0.2) is 8.78 Å². The average Bonchev–Trinajstić information content (AvgIpc) is 3.41. The van der Waals surface area contributed by atoms with Gasteiger partial charge in [-0.2, -0.15) is 5.10 Å². The zero-order chi connectivity index (χ0) is 24.1. The second kappa shape index (κ2) is 8.66. The molecule has 3 aromatic rings. The van der Waals surface area contributed by atoms with Gasteiger partial charge in [0.05, 0.1) is 35.4 Å². The lowest BCUT2D eigenvalue weighted by Gasteiger charge is -2.34. The predicted octanol–water partition coefficient (Wildman–Crippen LogP) is 4.36. The molecule has 0 radical (unpaired) electrons. The van der Waals surface area contributed by atoms with E-state index in [4.69, 9.17) is 23.2 Å². The van der Waals surface area contributed by atoms with Gasteiger partial charge in [-0.1, -0.05) is 28.4 Å². The van der Waals surface area contributed by atoms with Crippen molar-refractivity contribution >= 4 is 35.0 Å². The highest BCUT2D eigenvalue weighted by atomic mass is 35.5. The average molecular weight is 510 g/mol. The summed E-state index contributed by atoms with van der Waals surface area (Å²) in [6.07, 6.45) is -2.27. The van der Waals surface area contributed by atoms with E-state index in [1.807, 2.05) is 6.92 Å². The van der Waals surface area contributed by atoms with E-state index in [2.05, 4.69) is 14.8 Å². The van der Waals surface area contributed by atoms with Crippen LogP contribution >= 0.6 is 23.2 Å². The van der Waals surface area contributed by atoms with E-state index in [0.717, 1.165) is 11.8 Å². The van der Waals surface area contributed by atoms with Crippen molar-refractivity contribution < 1.29 is 22.9 Å². The Labute approximate surface area is 203 Å². The van der Waals surface area contributed by atoms with E-state index >= 15 is 0 Å². The highest BCUT2D eigenvalue weighted by Gasteiger charge is 2.37. The minimum atomic E-state index is -2.77. The smallest absolute Gasteiger partial charge is 0.298 e. The standard InChI is InChI=1S/C22H19Cl2F2N5O3/c1-11-6-17-14(10-30(11)21(32)12-2-3-15(23)16(24)7-12)19-22(33)29(4-5-31(19)27-17)9-13-8-18(20(25)26)34-28-13/h2-3,7-8,11,20H,4-6,9-10H2,1H3/t11-/m1/s1. The summed E-state index contributed by atoms with van der Waals surface area (Å²) in [5.41, 5.74) is 2.51. The summed E-state index contributed by atoms with van der Waals surface area (Å²) in [7, 11) is 0. The minimum Gasteiger partial charge on any atom is -0.355 e. The second-order valence-electron chi connectivity index (χ2n) is 8.36. The zero-order valence-electron chi connectivity index (χ0n) is 18.0. The second-order valence-corrected chi connectivity index (χ2v) is 9.17. The van der Waals surface area contributed by atoms with E-state index in [1.54, 1.807) is 21.7 Å². The first-order valence-electron chi connectivity index (χ1n) is 10.6. The van der Waals surface area contributed by atoms with Crippen LogP contribution in [0, 0.1) is 0 Å². The fourth-order valence-electron chi connectivity index (χ4n) is 4.38. The van der Waals surface area contributed by atoms with Crippen LogP contribution in [0.1, 0.15) is 56.9 Å². The van der Waals surface area contributed by atoms with Crippen molar-refractivity contribution in [2.24, 2.45) is 0 Å². The molecule has 2 aliphatic rings. The number of nitrogens with zero attached hydrogens (tertiary/aromatic N) is 5. The molecule has 1 aromatic carbocycles. The van der Waals surface area contributed by atoms with Gasteiger partial charge >= 0.3 is 0 Å². The number of hydrogen-bond acceptors (Lipinski definition) is 5. The van der Waals surface area contributed by atoms with Crippen molar-refractivity contribution in [3.63, 3.8) is 0 Å². The van der Waals surface area contributed by atoms with Crippen LogP contribution in [0.4, 0.5) is 8.78 Å². The van der Waals surface area contributed by atoms with Gasteiger partial charge in [0.1, 0.15) is 11.4 Å². The maximum Gasteiger partial charge on any atom is 0.298 e. The molecule has 5 rings (SSSR count). The summed E-state index contributed by atoms with van der Waals surface area (Å²) in [6.45, 7) is 2.98. The predicted molar refractivity (Wildman–Crippen MR) is 118 cm³/mol.